The molecule has 4 fully saturated rings. The van der Waals surface area contributed by atoms with Crippen LogP contribution >= 0.6 is 0 Å². The Balaban J connectivity index is 1.13. The molecule has 1 atom stereocenters. The molecule has 3 aliphatic heterocycles. The SMILES string of the molecule is O=C(NCCCN1CCN(C2CCCCC2)CC1)C1CCCN(S(=O)(=O)N2CCCCC2)C1. The number of hydrogen-bond acceptors (Lipinski definition) is 5. The van der Waals surface area contributed by atoms with Crippen molar-refractivity contribution in [1.29, 1.82) is 0 Å². The van der Waals surface area contributed by atoms with Crippen LogP contribution in [0, 0.1) is 5.92 Å². The third-order valence-electron chi connectivity index (χ3n) is 8.17. The fourth-order valence-corrected chi connectivity index (χ4v) is 7.86. The van der Waals surface area contributed by atoms with E-state index in [0.29, 0.717) is 32.7 Å². The van der Waals surface area contributed by atoms with E-state index >= 15 is 0 Å². The molecule has 0 spiro atoms. The molecule has 3 saturated heterocycles. The Morgan fingerprint density at radius 2 is 1.42 bits per heavy atom. The predicted octanol–water partition coefficient (Wildman–Crippen LogP) is 1.89. The summed E-state index contributed by atoms with van der Waals surface area (Å²) in [7, 11) is -3.43. The first-order valence-corrected chi connectivity index (χ1v) is 14.9. The van der Waals surface area contributed by atoms with Crippen molar-refractivity contribution >= 4 is 16.1 Å². The van der Waals surface area contributed by atoms with Crippen LogP contribution in [0.3, 0.4) is 0 Å². The zero-order valence-corrected chi connectivity index (χ0v) is 21.2. The zero-order chi connectivity index (χ0) is 23.1. The lowest BCUT2D eigenvalue weighted by Crippen LogP contribution is -2.52. The normalized spacial score (nSPS) is 28.1. The molecule has 1 unspecified atom stereocenters. The second kappa shape index (κ2) is 12.3. The fraction of sp³-hybridized carbons (Fsp3) is 0.958. The second-order valence-corrected chi connectivity index (χ2v) is 12.4. The van der Waals surface area contributed by atoms with Crippen molar-refractivity contribution in [2.75, 3.05) is 65.4 Å². The Kier molecular flexibility index (Phi) is 9.44. The van der Waals surface area contributed by atoms with E-state index in [1.165, 1.54) is 45.2 Å². The predicted molar refractivity (Wildman–Crippen MR) is 131 cm³/mol. The molecule has 4 aliphatic rings. The topological polar surface area (TPSA) is 76.2 Å². The van der Waals surface area contributed by atoms with Gasteiger partial charge in [0, 0.05) is 64.9 Å². The lowest BCUT2D eigenvalue weighted by atomic mass is 9.94. The van der Waals surface area contributed by atoms with E-state index in [1.54, 1.807) is 8.61 Å². The van der Waals surface area contributed by atoms with Gasteiger partial charge in [0.2, 0.25) is 5.91 Å². The van der Waals surface area contributed by atoms with E-state index in [1.807, 2.05) is 0 Å². The molecule has 9 heteroatoms. The van der Waals surface area contributed by atoms with Gasteiger partial charge in [-0.3, -0.25) is 9.69 Å². The summed E-state index contributed by atoms with van der Waals surface area (Å²) in [4.78, 5) is 18.0. The molecule has 0 bridgehead atoms. The van der Waals surface area contributed by atoms with Crippen molar-refractivity contribution in [2.24, 2.45) is 5.92 Å². The first kappa shape index (κ1) is 25.4. The Hall–Kier alpha value is -0.740. The summed E-state index contributed by atoms with van der Waals surface area (Å²) in [5.41, 5.74) is 0. The summed E-state index contributed by atoms with van der Waals surface area (Å²) in [6.07, 6.45) is 12.4. The molecule has 1 aliphatic carbocycles. The number of hydrogen-bond donors (Lipinski definition) is 1. The molecule has 1 amide bonds. The molecule has 8 nitrogen and oxygen atoms in total. The quantitative estimate of drug-likeness (QED) is 0.534. The summed E-state index contributed by atoms with van der Waals surface area (Å²) in [6.45, 7) is 8.43. The standard InChI is InChI=1S/C24H45N5O3S/c30-24(22-9-7-16-29(21-22)33(31,32)28-14-5-2-6-15-28)25-12-8-13-26-17-19-27(20-18-26)23-10-3-1-4-11-23/h22-23H,1-21H2,(H,25,30). The van der Waals surface area contributed by atoms with Crippen molar-refractivity contribution in [2.45, 2.75) is 76.7 Å². The number of carbonyl (C=O) groups excluding carboxylic acids is 1. The molecule has 0 aromatic heterocycles. The maximum Gasteiger partial charge on any atom is 0.281 e. The molecule has 1 saturated carbocycles. The van der Waals surface area contributed by atoms with Gasteiger partial charge in [0.05, 0.1) is 5.92 Å². The first-order chi connectivity index (χ1) is 16.0. The van der Waals surface area contributed by atoms with Gasteiger partial charge in [-0.1, -0.05) is 25.7 Å². The highest BCUT2D eigenvalue weighted by molar-refractivity contribution is 7.86. The molecule has 1 N–H and O–H groups in total. The summed E-state index contributed by atoms with van der Waals surface area (Å²) >= 11 is 0. The third-order valence-corrected chi connectivity index (χ3v) is 10.2. The summed E-state index contributed by atoms with van der Waals surface area (Å²) < 4.78 is 29.1. The number of rotatable bonds is 8. The van der Waals surface area contributed by atoms with Crippen molar-refractivity contribution in [3.8, 4) is 0 Å². The second-order valence-electron chi connectivity index (χ2n) is 10.5. The smallest absolute Gasteiger partial charge is 0.281 e. The molecule has 190 valence electrons. The Bertz CT molecular complexity index is 714. The molecule has 0 aromatic carbocycles. The number of nitrogens with one attached hydrogen (secondary N) is 1. The van der Waals surface area contributed by atoms with Crippen LogP contribution in [0.25, 0.3) is 0 Å². The first-order valence-electron chi connectivity index (χ1n) is 13.5. The number of piperazine rings is 1. The van der Waals surface area contributed by atoms with Crippen LogP contribution in [0.2, 0.25) is 0 Å². The molecule has 4 rings (SSSR count). The minimum Gasteiger partial charge on any atom is -0.356 e. The Labute approximate surface area is 201 Å². The van der Waals surface area contributed by atoms with Crippen LogP contribution in [-0.4, -0.2) is 104 Å². The van der Waals surface area contributed by atoms with Crippen molar-refractivity contribution in [3.63, 3.8) is 0 Å². The van der Waals surface area contributed by atoms with Gasteiger partial charge in [0.25, 0.3) is 10.2 Å². The number of carbonyl (C=O) groups is 1. The number of nitrogens with zero attached hydrogens (tertiary/aromatic N) is 4. The Morgan fingerprint density at radius 1 is 0.758 bits per heavy atom. The van der Waals surface area contributed by atoms with Crippen molar-refractivity contribution in [1.82, 2.24) is 23.7 Å². The minimum atomic E-state index is -3.43. The van der Waals surface area contributed by atoms with Gasteiger partial charge in [-0.25, -0.2) is 0 Å². The largest absolute Gasteiger partial charge is 0.356 e. The van der Waals surface area contributed by atoms with E-state index in [2.05, 4.69) is 15.1 Å². The van der Waals surface area contributed by atoms with Crippen LogP contribution in [0.15, 0.2) is 0 Å². The van der Waals surface area contributed by atoms with E-state index < -0.39 is 10.2 Å². The average molecular weight is 484 g/mol. The van der Waals surface area contributed by atoms with Gasteiger partial charge in [-0.2, -0.15) is 17.0 Å². The van der Waals surface area contributed by atoms with Gasteiger partial charge in [0.1, 0.15) is 0 Å². The van der Waals surface area contributed by atoms with Crippen molar-refractivity contribution < 1.29 is 13.2 Å². The Morgan fingerprint density at radius 3 is 2.15 bits per heavy atom. The number of piperidine rings is 2. The van der Waals surface area contributed by atoms with Crippen LogP contribution in [0.5, 0.6) is 0 Å². The third kappa shape index (κ3) is 6.90. The molecular weight excluding hydrogens is 438 g/mol. The van der Waals surface area contributed by atoms with Crippen molar-refractivity contribution in [3.05, 3.63) is 0 Å². The van der Waals surface area contributed by atoms with E-state index in [0.717, 1.165) is 64.2 Å². The van der Waals surface area contributed by atoms with Gasteiger partial charge >= 0.3 is 0 Å². The molecule has 0 radical (unpaired) electrons. The zero-order valence-electron chi connectivity index (χ0n) is 20.4. The summed E-state index contributed by atoms with van der Waals surface area (Å²) in [6, 6.07) is 0.814. The summed E-state index contributed by atoms with van der Waals surface area (Å²) in [5, 5.41) is 3.09. The van der Waals surface area contributed by atoms with Crippen LogP contribution in [0.1, 0.15) is 70.6 Å². The van der Waals surface area contributed by atoms with Crippen LogP contribution < -0.4 is 5.32 Å². The molecule has 0 aromatic rings. The van der Waals surface area contributed by atoms with E-state index in [9.17, 15) is 13.2 Å². The highest BCUT2D eigenvalue weighted by atomic mass is 32.2. The van der Waals surface area contributed by atoms with Crippen LogP contribution in [-0.2, 0) is 15.0 Å². The highest BCUT2D eigenvalue weighted by Gasteiger charge is 2.36. The van der Waals surface area contributed by atoms with Crippen LogP contribution in [0.4, 0.5) is 0 Å². The lowest BCUT2D eigenvalue weighted by Gasteiger charge is -2.40. The monoisotopic (exact) mass is 483 g/mol. The highest BCUT2D eigenvalue weighted by Crippen LogP contribution is 2.24. The lowest BCUT2D eigenvalue weighted by molar-refractivity contribution is -0.126. The molecular formula is C24H45N5O3S. The average Bonchev–Trinajstić information content (AvgIpc) is 2.88. The number of amides is 1. The van der Waals surface area contributed by atoms with Gasteiger partial charge in [-0.05, 0) is 51.5 Å². The minimum absolute atomic E-state index is 0.0238. The van der Waals surface area contributed by atoms with Gasteiger partial charge in [0.15, 0.2) is 0 Å². The fourth-order valence-electron chi connectivity index (χ4n) is 6.08. The van der Waals surface area contributed by atoms with Gasteiger partial charge < -0.3 is 10.2 Å². The molecule has 33 heavy (non-hydrogen) atoms. The maximum atomic E-state index is 13.0. The maximum absolute atomic E-state index is 13.0. The summed E-state index contributed by atoms with van der Waals surface area (Å²) in [5.74, 6) is -0.201. The van der Waals surface area contributed by atoms with E-state index in [4.69, 9.17) is 0 Å². The van der Waals surface area contributed by atoms with Gasteiger partial charge in [-0.15, -0.1) is 0 Å². The van der Waals surface area contributed by atoms with E-state index in [-0.39, 0.29) is 11.8 Å². The molecule has 3 heterocycles.